The van der Waals surface area contributed by atoms with E-state index in [4.69, 9.17) is 9.47 Å². The Balaban J connectivity index is 3.24. The van der Waals surface area contributed by atoms with E-state index in [1.54, 1.807) is 6.92 Å². The van der Waals surface area contributed by atoms with Crippen LogP contribution in [-0.4, -0.2) is 19.2 Å². The van der Waals surface area contributed by atoms with Crippen molar-refractivity contribution < 1.29 is 18.3 Å². The lowest BCUT2D eigenvalue weighted by molar-refractivity contribution is 0.141. The topological polar surface area (TPSA) is 31.4 Å². The van der Waals surface area contributed by atoms with Gasteiger partial charge in [0.25, 0.3) is 6.43 Å². The molecular weight excluding hydrogens is 192 g/mol. The first kappa shape index (κ1) is 10.7. The highest BCUT2D eigenvalue weighted by Crippen LogP contribution is 2.31. The van der Waals surface area contributed by atoms with Crippen LogP contribution in [0.15, 0.2) is 6.07 Å². The van der Waals surface area contributed by atoms with Crippen LogP contribution in [0, 0.1) is 6.92 Å². The van der Waals surface area contributed by atoms with Gasteiger partial charge in [-0.05, 0) is 6.92 Å². The molecule has 0 aliphatic rings. The van der Waals surface area contributed by atoms with Crippen LogP contribution in [0.5, 0.6) is 11.5 Å². The summed E-state index contributed by atoms with van der Waals surface area (Å²) in [6, 6.07) is 1.41. The summed E-state index contributed by atoms with van der Waals surface area (Å²) in [4.78, 5) is 3.71. The van der Waals surface area contributed by atoms with Gasteiger partial charge in [-0.15, -0.1) is 0 Å². The largest absolute Gasteiger partial charge is 0.495 e. The maximum atomic E-state index is 12.4. The van der Waals surface area contributed by atoms with Crippen LogP contribution in [0.1, 0.15) is 17.8 Å². The smallest absolute Gasteiger partial charge is 0.284 e. The Morgan fingerprint density at radius 3 is 2.21 bits per heavy atom. The summed E-state index contributed by atoms with van der Waals surface area (Å²) in [7, 11) is 2.77. The van der Waals surface area contributed by atoms with Crippen molar-refractivity contribution in [2.45, 2.75) is 13.3 Å². The van der Waals surface area contributed by atoms with Gasteiger partial charge in [-0.2, -0.15) is 0 Å². The molecule has 1 heterocycles. The molecule has 0 atom stereocenters. The Labute approximate surface area is 80.7 Å². The van der Waals surface area contributed by atoms with Crippen molar-refractivity contribution in [3.63, 3.8) is 0 Å². The summed E-state index contributed by atoms with van der Waals surface area (Å²) in [5.74, 6) is 0.480. The van der Waals surface area contributed by atoms with Crippen LogP contribution in [-0.2, 0) is 0 Å². The van der Waals surface area contributed by atoms with Gasteiger partial charge in [-0.25, -0.2) is 13.8 Å². The van der Waals surface area contributed by atoms with Crippen LogP contribution in [0.2, 0.25) is 0 Å². The number of hydrogen-bond acceptors (Lipinski definition) is 3. The average Bonchev–Trinajstić information content (AvgIpc) is 2.17. The molecule has 0 saturated heterocycles. The van der Waals surface area contributed by atoms with E-state index in [0.29, 0.717) is 11.4 Å². The molecule has 0 spiro atoms. The fourth-order valence-electron chi connectivity index (χ4n) is 1.11. The van der Waals surface area contributed by atoms with E-state index in [9.17, 15) is 8.78 Å². The molecule has 0 aromatic carbocycles. The average molecular weight is 203 g/mol. The van der Waals surface area contributed by atoms with Crippen LogP contribution in [0.3, 0.4) is 0 Å². The molecule has 0 aliphatic heterocycles. The zero-order valence-corrected chi connectivity index (χ0v) is 8.17. The highest BCUT2D eigenvalue weighted by Gasteiger charge is 2.18. The molecule has 0 N–H and O–H groups in total. The molecule has 0 bridgehead atoms. The minimum absolute atomic E-state index is 0.0439. The van der Waals surface area contributed by atoms with Crippen molar-refractivity contribution in [1.29, 1.82) is 0 Å². The zero-order chi connectivity index (χ0) is 10.7. The summed E-state index contributed by atoms with van der Waals surface area (Å²) in [6.07, 6.45) is -2.64. The van der Waals surface area contributed by atoms with E-state index in [2.05, 4.69) is 4.98 Å². The minimum atomic E-state index is -2.64. The van der Waals surface area contributed by atoms with Crippen LogP contribution < -0.4 is 9.47 Å². The number of ether oxygens (including phenoxy) is 2. The van der Waals surface area contributed by atoms with E-state index in [1.807, 2.05) is 0 Å². The number of aromatic nitrogens is 1. The molecule has 0 unspecified atom stereocenters. The SMILES string of the molecule is COc1cc(OC)c(C(F)F)nc1C. The minimum Gasteiger partial charge on any atom is -0.495 e. The number of alkyl halides is 2. The van der Waals surface area contributed by atoms with E-state index in [1.165, 1.54) is 20.3 Å². The molecule has 0 radical (unpaired) electrons. The first-order valence-electron chi connectivity index (χ1n) is 3.97. The molecule has 0 amide bonds. The molecule has 1 rings (SSSR count). The number of aryl methyl sites for hydroxylation is 1. The van der Waals surface area contributed by atoms with Crippen LogP contribution >= 0.6 is 0 Å². The standard InChI is InChI=1S/C9H11F2NO2/c1-5-6(13-2)4-7(14-3)8(12-5)9(10)11/h4,9H,1-3H3. The number of methoxy groups -OCH3 is 2. The second kappa shape index (κ2) is 4.21. The van der Waals surface area contributed by atoms with Crippen LogP contribution in [0.25, 0.3) is 0 Å². The van der Waals surface area contributed by atoms with Gasteiger partial charge in [0.05, 0.1) is 19.9 Å². The summed E-state index contributed by atoms with van der Waals surface area (Å²) in [6.45, 7) is 1.60. The van der Waals surface area contributed by atoms with Gasteiger partial charge in [-0.1, -0.05) is 0 Å². The first-order chi connectivity index (χ1) is 6.60. The lowest BCUT2D eigenvalue weighted by atomic mass is 10.2. The van der Waals surface area contributed by atoms with Crippen molar-refractivity contribution in [3.8, 4) is 11.5 Å². The summed E-state index contributed by atoms with van der Waals surface area (Å²) in [5.41, 5.74) is 0.0643. The Morgan fingerprint density at radius 1 is 1.21 bits per heavy atom. The van der Waals surface area contributed by atoms with E-state index in [0.717, 1.165) is 0 Å². The van der Waals surface area contributed by atoms with Gasteiger partial charge >= 0.3 is 0 Å². The number of rotatable bonds is 3. The highest BCUT2D eigenvalue weighted by atomic mass is 19.3. The van der Waals surface area contributed by atoms with Gasteiger partial charge in [0.2, 0.25) is 0 Å². The van der Waals surface area contributed by atoms with Crippen molar-refractivity contribution in [3.05, 3.63) is 17.5 Å². The maximum Gasteiger partial charge on any atom is 0.284 e. The molecule has 0 saturated carbocycles. The van der Waals surface area contributed by atoms with Crippen molar-refractivity contribution in [2.75, 3.05) is 14.2 Å². The Hall–Kier alpha value is -1.39. The van der Waals surface area contributed by atoms with E-state index in [-0.39, 0.29) is 11.4 Å². The molecule has 5 heteroatoms. The van der Waals surface area contributed by atoms with Gasteiger partial charge in [0, 0.05) is 6.07 Å². The summed E-state index contributed by atoms with van der Waals surface area (Å²) >= 11 is 0. The molecule has 14 heavy (non-hydrogen) atoms. The quantitative estimate of drug-likeness (QED) is 0.755. The zero-order valence-electron chi connectivity index (χ0n) is 8.17. The predicted molar refractivity (Wildman–Crippen MR) is 47.0 cm³/mol. The van der Waals surface area contributed by atoms with Gasteiger partial charge in [0.15, 0.2) is 0 Å². The lowest BCUT2D eigenvalue weighted by Crippen LogP contribution is -2.00. The molecule has 78 valence electrons. The van der Waals surface area contributed by atoms with Crippen molar-refractivity contribution >= 4 is 0 Å². The van der Waals surface area contributed by atoms with Crippen LogP contribution in [0.4, 0.5) is 8.78 Å². The van der Waals surface area contributed by atoms with Crippen molar-refractivity contribution in [1.82, 2.24) is 4.98 Å². The number of pyridine rings is 1. The van der Waals surface area contributed by atoms with Gasteiger partial charge in [0.1, 0.15) is 17.2 Å². The lowest BCUT2D eigenvalue weighted by Gasteiger charge is -2.10. The monoisotopic (exact) mass is 203 g/mol. The van der Waals surface area contributed by atoms with Crippen molar-refractivity contribution in [2.24, 2.45) is 0 Å². The Bertz CT molecular complexity index is 329. The first-order valence-corrected chi connectivity index (χ1v) is 3.97. The maximum absolute atomic E-state index is 12.4. The normalized spacial score (nSPS) is 10.4. The molecule has 1 aromatic heterocycles. The Morgan fingerprint density at radius 2 is 1.79 bits per heavy atom. The van der Waals surface area contributed by atoms with E-state index < -0.39 is 6.43 Å². The molecule has 1 aromatic rings. The van der Waals surface area contributed by atoms with Gasteiger partial charge < -0.3 is 9.47 Å². The number of halogens is 2. The van der Waals surface area contributed by atoms with Gasteiger partial charge in [-0.3, -0.25) is 0 Å². The van der Waals surface area contributed by atoms with E-state index >= 15 is 0 Å². The number of nitrogens with zero attached hydrogens (tertiary/aromatic N) is 1. The molecule has 3 nitrogen and oxygen atoms in total. The molecular formula is C9H11F2NO2. The summed E-state index contributed by atoms with van der Waals surface area (Å²) < 4.78 is 34.6. The second-order valence-electron chi connectivity index (χ2n) is 2.66. The second-order valence-corrected chi connectivity index (χ2v) is 2.66. The third-order valence-corrected chi connectivity index (χ3v) is 1.81. The summed E-state index contributed by atoms with van der Waals surface area (Å²) in [5, 5.41) is 0. The third kappa shape index (κ3) is 1.92. The molecule has 0 aliphatic carbocycles. The fourth-order valence-corrected chi connectivity index (χ4v) is 1.11. The molecule has 0 fully saturated rings. The Kier molecular flexibility index (Phi) is 3.22. The third-order valence-electron chi connectivity index (χ3n) is 1.81. The fraction of sp³-hybridized carbons (Fsp3) is 0.444. The number of hydrogen-bond donors (Lipinski definition) is 0. The predicted octanol–water partition coefficient (Wildman–Crippen LogP) is 2.34. The highest BCUT2D eigenvalue weighted by molar-refractivity contribution is 5.39.